The fourth-order valence-electron chi connectivity index (χ4n) is 9.32. The maximum Gasteiger partial charge on any atom is 0.178 e. The Bertz CT molecular complexity index is 1260. The molecule has 5 aliphatic rings. The number of nitrogens with one attached hydrogen (secondary N) is 1. The lowest BCUT2D eigenvalue weighted by Crippen LogP contribution is -2.38. The molecule has 2 aliphatic heterocycles. The van der Waals surface area contributed by atoms with E-state index >= 15 is 0 Å². The molecular weight excluding hydrogens is 576 g/mol. The predicted octanol–water partition coefficient (Wildman–Crippen LogP) is 6.52. The summed E-state index contributed by atoms with van der Waals surface area (Å²) in [6.07, 6.45) is 21.3. The molecule has 1 aromatic rings. The van der Waals surface area contributed by atoms with Gasteiger partial charge in [0.25, 0.3) is 0 Å². The second-order valence-corrected chi connectivity index (χ2v) is 14.8. The number of phenols is 1. The number of unbranched alkanes of at least 4 members (excludes halogenated alkanes) is 1. The van der Waals surface area contributed by atoms with E-state index in [1.54, 1.807) is 6.07 Å². The number of phenolic OH excluding ortho intramolecular Hbond substituents is 1. The predicted molar refractivity (Wildman–Crippen MR) is 184 cm³/mol. The molecule has 3 saturated carbocycles. The lowest BCUT2D eigenvalue weighted by atomic mass is 9.66. The van der Waals surface area contributed by atoms with E-state index in [9.17, 15) is 15.3 Å². The van der Waals surface area contributed by atoms with Crippen molar-refractivity contribution in [1.29, 1.82) is 0 Å². The van der Waals surface area contributed by atoms with E-state index in [1.165, 1.54) is 56.6 Å². The van der Waals surface area contributed by atoms with Crippen LogP contribution >= 0.6 is 0 Å². The fourth-order valence-corrected chi connectivity index (χ4v) is 9.32. The molecule has 5 N–H and O–H groups in total. The van der Waals surface area contributed by atoms with Crippen LogP contribution in [0.4, 0.5) is 0 Å². The number of nitrogens with zero attached hydrogens (tertiary/aromatic N) is 1. The zero-order valence-electron chi connectivity index (χ0n) is 28.1. The van der Waals surface area contributed by atoms with Crippen LogP contribution in [0.5, 0.6) is 11.5 Å². The minimum atomic E-state index is -0.346. The maximum absolute atomic E-state index is 10.6. The number of aliphatic imine (C=N–C) groups is 1. The lowest BCUT2D eigenvalue weighted by molar-refractivity contribution is -0.0550. The van der Waals surface area contributed by atoms with Crippen LogP contribution in [-0.4, -0.2) is 64.3 Å². The highest BCUT2D eigenvalue weighted by atomic mass is 16.5. The summed E-state index contributed by atoms with van der Waals surface area (Å²) in [6.45, 7) is 6.10. The van der Waals surface area contributed by atoms with Crippen molar-refractivity contribution in [2.24, 2.45) is 28.2 Å². The van der Waals surface area contributed by atoms with Gasteiger partial charge in [0.05, 0.1) is 24.5 Å². The summed E-state index contributed by atoms with van der Waals surface area (Å²) in [5.41, 5.74) is 4.94. The molecule has 0 bridgehead atoms. The van der Waals surface area contributed by atoms with Crippen molar-refractivity contribution < 1.29 is 24.8 Å². The highest BCUT2D eigenvalue weighted by molar-refractivity contribution is 6.03. The minimum Gasteiger partial charge on any atom is -0.504 e. The SMILES string of the molecule is CCCCC1[OH+][C-](CCc2ccc(O)c(OCCC3=C[C+]4C(=N3)CC3(CCCC3)[C@@H]3CCC[C@@H]3[C@@H]4CNC[C@H](C)O)c2)C=C1CO. The van der Waals surface area contributed by atoms with E-state index < -0.39 is 0 Å². The Hall–Kier alpha value is -2.45. The van der Waals surface area contributed by atoms with Gasteiger partial charge in [-0.25, -0.2) is 0 Å². The Labute approximate surface area is 276 Å². The summed E-state index contributed by atoms with van der Waals surface area (Å²) in [6, 6.07) is 5.64. The molecule has 1 aromatic carbocycles. The third-order valence-corrected chi connectivity index (χ3v) is 11.6. The lowest BCUT2D eigenvalue weighted by Gasteiger charge is -2.37. The molecule has 2 heterocycles. The molecule has 7 nitrogen and oxygen atoms in total. The van der Waals surface area contributed by atoms with E-state index in [2.05, 4.69) is 24.4 Å². The van der Waals surface area contributed by atoms with E-state index in [1.807, 2.05) is 19.1 Å². The normalized spacial score (nSPS) is 27.3. The van der Waals surface area contributed by atoms with Gasteiger partial charge in [0, 0.05) is 32.5 Å². The summed E-state index contributed by atoms with van der Waals surface area (Å²) in [5, 5.41) is 33.9. The molecule has 5 atom stereocenters. The van der Waals surface area contributed by atoms with Crippen molar-refractivity contribution in [2.45, 2.75) is 116 Å². The van der Waals surface area contributed by atoms with Crippen LogP contribution in [0.3, 0.4) is 0 Å². The quantitative estimate of drug-likeness (QED) is 0.130. The van der Waals surface area contributed by atoms with Crippen molar-refractivity contribution in [3.8, 4) is 11.5 Å². The zero-order valence-corrected chi connectivity index (χ0v) is 28.1. The first kappa shape index (κ1) is 33.5. The van der Waals surface area contributed by atoms with Gasteiger partial charge >= 0.3 is 0 Å². The van der Waals surface area contributed by atoms with Crippen LogP contribution < -0.4 is 10.1 Å². The number of aryl methyl sites for hydroxylation is 1. The second-order valence-electron chi connectivity index (χ2n) is 14.8. The third-order valence-electron chi connectivity index (χ3n) is 11.6. The Balaban J connectivity index is 1.08. The number of aromatic hydroxyl groups is 1. The van der Waals surface area contributed by atoms with Gasteiger partial charge < -0.3 is 30.1 Å². The molecular formula is C39H57N2O5+. The van der Waals surface area contributed by atoms with Gasteiger partial charge in [0.1, 0.15) is 30.4 Å². The van der Waals surface area contributed by atoms with Crippen LogP contribution in [0.2, 0.25) is 0 Å². The van der Waals surface area contributed by atoms with Crippen molar-refractivity contribution in [1.82, 2.24) is 5.32 Å². The number of rotatable bonds is 15. The molecule has 0 saturated heterocycles. The first-order valence-corrected chi connectivity index (χ1v) is 18.3. The highest BCUT2D eigenvalue weighted by Crippen LogP contribution is 2.61. The van der Waals surface area contributed by atoms with Crippen molar-refractivity contribution in [3.63, 3.8) is 0 Å². The summed E-state index contributed by atoms with van der Waals surface area (Å²) >= 11 is 0. The van der Waals surface area contributed by atoms with Crippen LogP contribution in [0.15, 0.2) is 46.6 Å². The number of ether oxygens (including phenoxy) is 2. The smallest absolute Gasteiger partial charge is 0.178 e. The van der Waals surface area contributed by atoms with Gasteiger partial charge in [0.2, 0.25) is 0 Å². The fraction of sp³-hybridized carbons (Fsp3) is 0.667. The molecule has 0 radical (unpaired) electrons. The van der Waals surface area contributed by atoms with Gasteiger partial charge in [-0.05, 0) is 86.8 Å². The zero-order chi connectivity index (χ0) is 32.1. The van der Waals surface area contributed by atoms with E-state index in [4.69, 9.17) is 14.5 Å². The van der Waals surface area contributed by atoms with Crippen LogP contribution in [0.1, 0.15) is 103 Å². The third kappa shape index (κ3) is 7.48. The molecule has 7 heteroatoms. The van der Waals surface area contributed by atoms with Crippen molar-refractivity contribution >= 4 is 5.71 Å². The molecule has 6 rings (SSSR count). The topological polar surface area (TPSA) is 107 Å². The number of aliphatic hydroxyl groups excluding tert-OH is 2. The number of hydrogen-bond acceptors (Lipinski definition) is 6. The number of aliphatic hydroxyl groups is 4. The van der Waals surface area contributed by atoms with Crippen LogP contribution in [0, 0.1) is 35.2 Å². The number of hydrogen-bond donors (Lipinski definition) is 4. The largest absolute Gasteiger partial charge is 0.504 e. The minimum absolute atomic E-state index is 0.0717. The van der Waals surface area contributed by atoms with Crippen molar-refractivity contribution in [2.75, 3.05) is 26.3 Å². The van der Waals surface area contributed by atoms with Gasteiger partial charge in [-0.2, -0.15) is 0 Å². The summed E-state index contributed by atoms with van der Waals surface area (Å²) in [4.78, 5) is 5.28. The Morgan fingerprint density at radius 2 is 2.04 bits per heavy atom. The Morgan fingerprint density at radius 3 is 2.83 bits per heavy atom. The van der Waals surface area contributed by atoms with Gasteiger partial charge in [-0.3, -0.25) is 0 Å². The Kier molecular flexibility index (Phi) is 11.0. The van der Waals surface area contributed by atoms with Crippen LogP contribution in [0.25, 0.3) is 0 Å². The summed E-state index contributed by atoms with van der Waals surface area (Å²) in [5.74, 6) is 4.04. The molecule has 252 valence electrons. The van der Waals surface area contributed by atoms with E-state index in [0.717, 1.165) is 73.9 Å². The standard InChI is InChI=1S/C39H56N2O5/c1-3-4-10-37-28(25-42)20-30(46-37)13-11-27-12-14-36(44)38(19-27)45-18-15-29-21-32-33(24-40-23-26(2)43)31-8-7-9-34(31)39(16-5-6-17-39)22-35(32)41-29/h12,14,19-21,26,31,33-34,37,40,42-43,46H,3-11,13,15-18,22-25H2,1-2H3/p+1/t26-,31+,33-,34+,37?/m0/s1. The first-order valence-electron chi connectivity index (χ1n) is 18.3. The molecule has 0 aromatic heterocycles. The van der Waals surface area contributed by atoms with Crippen molar-refractivity contribution in [3.05, 3.63) is 59.2 Å². The summed E-state index contributed by atoms with van der Waals surface area (Å²) in [7, 11) is 0. The molecule has 1 unspecified atom stereocenters. The number of benzene rings is 1. The molecule has 1 spiro atoms. The summed E-state index contributed by atoms with van der Waals surface area (Å²) < 4.78 is 11.1. The average Bonchev–Trinajstić information content (AvgIpc) is 3.85. The van der Waals surface area contributed by atoms with E-state index in [-0.39, 0.29) is 24.6 Å². The van der Waals surface area contributed by atoms with Gasteiger partial charge in [-0.15, -0.1) is 16.6 Å². The highest BCUT2D eigenvalue weighted by Gasteiger charge is 2.57. The Morgan fingerprint density at radius 1 is 1.20 bits per heavy atom. The number of allylic oxidation sites excluding steroid dienone is 1. The molecule has 3 fully saturated rings. The molecule has 46 heavy (non-hydrogen) atoms. The monoisotopic (exact) mass is 633 g/mol. The van der Waals surface area contributed by atoms with E-state index in [0.29, 0.717) is 42.6 Å². The van der Waals surface area contributed by atoms with Crippen LogP contribution in [-0.2, 0) is 6.42 Å². The van der Waals surface area contributed by atoms with Gasteiger partial charge in [0.15, 0.2) is 17.2 Å². The molecule has 3 aliphatic carbocycles. The second kappa shape index (κ2) is 15.2. The molecule has 0 amide bonds. The maximum atomic E-state index is 10.6. The number of fused-ring (bicyclic) bond motifs is 3. The average molecular weight is 634 g/mol. The van der Waals surface area contributed by atoms with Gasteiger partial charge in [-0.1, -0.05) is 38.7 Å². The first-order chi connectivity index (χ1) is 22.4.